The maximum atomic E-state index is 9.57. The fourth-order valence-corrected chi connectivity index (χ4v) is 1.94. The van der Waals surface area contributed by atoms with E-state index in [-0.39, 0.29) is 11.5 Å². The van der Waals surface area contributed by atoms with Gasteiger partial charge in [-0.15, -0.1) is 0 Å². The van der Waals surface area contributed by atoms with Crippen LogP contribution >= 0.6 is 0 Å². The summed E-state index contributed by atoms with van der Waals surface area (Å²) in [7, 11) is 0. The Morgan fingerprint density at radius 1 is 1.67 bits per heavy atom. The molecule has 0 amide bonds. The molecule has 1 fully saturated rings. The Kier molecular flexibility index (Phi) is 2.56. The second-order valence-electron chi connectivity index (χ2n) is 4.87. The van der Waals surface area contributed by atoms with Crippen LogP contribution in [-0.2, 0) is 6.54 Å². The number of nitrogens with one attached hydrogen (secondary N) is 1. The summed E-state index contributed by atoms with van der Waals surface area (Å²) >= 11 is 0. The third-order valence-electron chi connectivity index (χ3n) is 3.38. The van der Waals surface area contributed by atoms with E-state index in [2.05, 4.69) is 24.1 Å². The first-order chi connectivity index (χ1) is 7.00. The first-order valence-electron chi connectivity index (χ1n) is 5.33. The molecular weight excluding hydrogens is 192 g/mol. The van der Waals surface area contributed by atoms with Crippen molar-refractivity contribution >= 4 is 0 Å². The predicted octanol–water partition coefficient (Wildman–Crippen LogP) is 1.23. The Morgan fingerprint density at radius 3 is 2.87 bits per heavy atom. The number of aliphatic hydroxyl groups is 1. The van der Waals surface area contributed by atoms with E-state index in [1.54, 1.807) is 6.20 Å². The first-order valence-corrected chi connectivity index (χ1v) is 5.33. The lowest BCUT2D eigenvalue weighted by Gasteiger charge is -2.49. The SMILES string of the molecule is Cc1cnc(CNC2CC(O)C2(C)C)o1. The number of hydrogen-bond donors (Lipinski definition) is 2. The van der Waals surface area contributed by atoms with Crippen molar-refractivity contribution < 1.29 is 9.52 Å². The number of aliphatic hydroxyl groups excluding tert-OH is 1. The minimum atomic E-state index is -0.193. The molecule has 1 saturated carbocycles. The van der Waals surface area contributed by atoms with Crippen LogP contribution in [0.15, 0.2) is 10.6 Å². The van der Waals surface area contributed by atoms with Gasteiger partial charge in [0.2, 0.25) is 5.89 Å². The molecule has 4 nitrogen and oxygen atoms in total. The zero-order chi connectivity index (χ0) is 11.1. The second-order valence-corrected chi connectivity index (χ2v) is 4.87. The normalized spacial score (nSPS) is 28.8. The summed E-state index contributed by atoms with van der Waals surface area (Å²) in [5.41, 5.74) is -0.0400. The van der Waals surface area contributed by atoms with Crippen LogP contribution in [0.5, 0.6) is 0 Å². The molecule has 0 aliphatic heterocycles. The molecule has 1 aromatic rings. The van der Waals surface area contributed by atoms with E-state index in [9.17, 15) is 5.11 Å². The number of hydrogen-bond acceptors (Lipinski definition) is 4. The average molecular weight is 210 g/mol. The van der Waals surface area contributed by atoms with Crippen molar-refractivity contribution in [3.05, 3.63) is 17.8 Å². The van der Waals surface area contributed by atoms with Gasteiger partial charge in [0.25, 0.3) is 0 Å². The van der Waals surface area contributed by atoms with E-state index < -0.39 is 0 Å². The molecule has 0 aromatic carbocycles. The van der Waals surface area contributed by atoms with Gasteiger partial charge in [0, 0.05) is 11.5 Å². The smallest absolute Gasteiger partial charge is 0.208 e. The topological polar surface area (TPSA) is 58.3 Å². The summed E-state index contributed by atoms with van der Waals surface area (Å²) < 4.78 is 5.36. The molecule has 2 unspecified atom stereocenters. The van der Waals surface area contributed by atoms with Crippen molar-refractivity contribution in [1.29, 1.82) is 0 Å². The van der Waals surface area contributed by atoms with Crippen LogP contribution in [0.1, 0.15) is 31.9 Å². The summed E-state index contributed by atoms with van der Waals surface area (Å²) in [5.74, 6) is 1.55. The Morgan fingerprint density at radius 2 is 2.40 bits per heavy atom. The number of aryl methyl sites for hydroxylation is 1. The van der Waals surface area contributed by atoms with Crippen LogP contribution in [0, 0.1) is 12.3 Å². The minimum Gasteiger partial charge on any atom is -0.445 e. The summed E-state index contributed by atoms with van der Waals surface area (Å²) in [5, 5.41) is 12.9. The van der Waals surface area contributed by atoms with E-state index in [0.29, 0.717) is 18.5 Å². The Bertz CT molecular complexity index is 346. The standard InChI is InChI=1S/C11H18N2O2/c1-7-5-13-10(15-7)6-12-8-4-9(14)11(8,2)3/h5,8-9,12,14H,4,6H2,1-3H3. The predicted molar refractivity (Wildman–Crippen MR) is 56.3 cm³/mol. The van der Waals surface area contributed by atoms with Gasteiger partial charge in [-0.1, -0.05) is 13.8 Å². The van der Waals surface area contributed by atoms with Crippen LogP contribution in [0.2, 0.25) is 0 Å². The first kappa shape index (κ1) is 10.6. The number of oxazole rings is 1. The maximum Gasteiger partial charge on any atom is 0.208 e. The number of aromatic nitrogens is 1. The van der Waals surface area contributed by atoms with Crippen LogP contribution in [0.25, 0.3) is 0 Å². The Labute approximate surface area is 89.7 Å². The molecule has 15 heavy (non-hydrogen) atoms. The third kappa shape index (κ3) is 1.92. The number of rotatable bonds is 3. The molecule has 0 radical (unpaired) electrons. The molecule has 1 heterocycles. The molecule has 2 rings (SSSR count). The molecule has 1 aromatic heterocycles. The van der Waals surface area contributed by atoms with Crippen molar-refractivity contribution in [2.75, 3.05) is 0 Å². The molecule has 1 aliphatic rings. The van der Waals surface area contributed by atoms with Crippen molar-refractivity contribution in [2.24, 2.45) is 5.41 Å². The monoisotopic (exact) mass is 210 g/mol. The van der Waals surface area contributed by atoms with Gasteiger partial charge in [-0.3, -0.25) is 0 Å². The average Bonchev–Trinajstić information content (AvgIpc) is 2.58. The molecule has 0 saturated heterocycles. The fraction of sp³-hybridized carbons (Fsp3) is 0.727. The van der Waals surface area contributed by atoms with E-state index >= 15 is 0 Å². The maximum absolute atomic E-state index is 9.57. The molecule has 0 bridgehead atoms. The lowest BCUT2D eigenvalue weighted by Crippen LogP contribution is -2.59. The molecular formula is C11H18N2O2. The van der Waals surface area contributed by atoms with Gasteiger partial charge in [-0.05, 0) is 13.3 Å². The van der Waals surface area contributed by atoms with Crippen LogP contribution in [0.4, 0.5) is 0 Å². The Hall–Kier alpha value is -0.870. The van der Waals surface area contributed by atoms with E-state index in [4.69, 9.17) is 4.42 Å². The summed E-state index contributed by atoms with van der Waals surface area (Å²) in [4.78, 5) is 4.12. The van der Waals surface area contributed by atoms with E-state index in [1.807, 2.05) is 6.92 Å². The fourth-order valence-electron chi connectivity index (χ4n) is 1.94. The molecule has 0 spiro atoms. The van der Waals surface area contributed by atoms with Crippen molar-refractivity contribution in [1.82, 2.24) is 10.3 Å². The molecule has 2 N–H and O–H groups in total. The summed E-state index contributed by atoms with van der Waals surface area (Å²) in [6.45, 7) is 6.65. The summed E-state index contributed by atoms with van der Waals surface area (Å²) in [6, 6.07) is 0.347. The zero-order valence-electron chi connectivity index (χ0n) is 9.45. The van der Waals surface area contributed by atoms with Crippen molar-refractivity contribution in [3.63, 3.8) is 0 Å². The van der Waals surface area contributed by atoms with Gasteiger partial charge < -0.3 is 14.8 Å². The lowest BCUT2D eigenvalue weighted by molar-refractivity contribution is -0.0735. The zero-order valence-corrected chi connectivity index (χ0v) is 9.45. The quantitative estimate of drug-likeness (QED) is 0.788. The highest BCUT2D eigenvalue weighted by Crippen LogP contribution is 2.40. The number of nitrogens with zero attached hydrogens (tertiary/aromatic N) is 1. The van der Waals surface area contributed by atoms with Gasteiger partial charge in [-0.25, -0.2) is 4.98 Å². The molecule has 84 valence electrons. The minimum absolute atomic E-state index is 0.0400. The van der Waals surface area contributed by atoms with Crippen LogP contribution < -0.4 is 5.32 Å². The molecule has 1 aliphatic carbocycles. The highest BCUT2D eigenvalue weighted by atomic mass is 16.4. The van der Waals surface area contributed by atoms with Gasteiger partial charge in [0.05, 0.1) is 18.8 Å². The van der Waals surface area contributed by atoms with Crippen molar-refractivity contribution in [3.8, 4) is 0 Å². The largest absolute Gasteiger partial charge is 0.445 e. The highest BCUT2D eigenvalue weighted by molar-refractivity contribution is 5.02. The van der Waals surface area contributed by atoms with Crippen molar-refractivity contribution in [2.45, 2.75) is 45.9 Å². The van der Waals surface area contributed by atoms with Gasteiger partial charge in [0.1, 0.15) is 5.76 Å². The second kappa shape index (κ2) is 3.61. The summed E-state index contributed by atoms with van der Waals surface area (Å²) in [6.07, 6.45) is 2.34. The van der Waals surface area contributed by atoms with E-state index in [0.717, 1.165) is 12.2 Å². The van der Waals surface area contributed by atoms with Gasteiger partial charge >= 0.3 is 0 Å². The molecule has 4 heteroatoms. The van der Waals surface area contributed by atoms with Crippen LogP contribution in [0.3, 0.4) is 0 Å². The highest BCUT2D eigenvalue weighted by Gasteiger charge is 2.46. The molecule has 2 atom stereocenters. The van der Waals surface area contributed by atoms with Gasteiger partial charge in [0.15, 0.2) is 0 Å². The van der Waals surface area contributed by atoms with Crippen LogP contribution in [-0.4, -0.2) is 22.2 Å². The lowest BCUT2D eigenvalue weighted by atomic mass is 9.64. The van der Waals surface area contributed by atoms with E-state index in [1.165, 1.54) is 0 Å². The third-order valence-corrected chi connectivity index (χ3v) is 3.38. The van der Waals surface area contributed by atoms with Gasteiger partial charge in [-0.2, -0.15) is 0 Å². The Balaban J connectivity index is 1.85.